The van der Waals surface area contributed by atoms with Crippen molar-refractivity contribution < 1.29 is 4.79 Å². The molecule has 0 saturated heterocycles. The number of carbonyl (C=O) groups is 1. The molecule has 0 fully saturated rings. The Morgan fingerprint density at radius 1 is 1.35 bits per heavy atom. The Balaban J connectivity index is 2.03. The van der Waals surface area contributed by atoms with Gasteiger partial charge in [0.15, 0.2) is 5.13 Å². The van der Waals surface area contributed by atoms with E-state index in [-0.39, 0.29) is 11.8 Å². The van der Waals surface area contributed by atoms with Gasteiger partial charge in [0.2, 0.25) is 0 Å². The number of thiazole rings is 1. The number of amides is 1. The van der Waals surface area contributed by atoms with Crippen LogP contribution in [0.15, 0.2) is 35.3 Å². The zero-order valence-electron chi connectivity index (χ0n) is 8.83. The van der Waals surface area contributed by atoms with Crippen LogP contribution < -0.4 is 5.73 Å². The summed E-state index contributed by atoms with van der Waals surface area (Å²) in [6.45, 7) is 0. The summed E-state index contributed by atoms with van der Waals surface area (Å²) in [5.74, 6) is -0.148. The summed E-state index contributed by atoms with van der Waals surface area (Å²) in [6.07, 6.45) is 5.00. The fourth-order valence-corrected chi connectivity index (χ4v) is 2.58. The van der Waals surface area contributed by atoms with Crippen LogP contribution in [0, 0.1) is 0 Å². The van der Waals surface area contributed by atoms with Gasteiger partial charge in [0.05, 0.1) is 10.2 Å². The molecule has 4 nitrogen and oxygen atoms in total. The average Bonchev–Trinajstić information content (AvgIpc) is 2.69. The molecule has 84 valence electrons. The molecule has 0 spiro atoms. The molecule has 1 aliphatic heterocycles. The van der Waals surface area contributed by atoms with Crippen molar-refractivity contribution in [2.24, 2.45) is 4.99 Å². The number of dihydropyridines is 1. The van der Waals surface area contributed by atoms with Gasteiger partial charge in [0, 0.05) is 18.2 Å². The number of rotatable bonds is 1. The number of anilines is 1. The molecule has 0 bridgehead atoms. The Morgan fingerprint density at radius 2 is 2.24 bits per heavy atom. The number of fused-ring (bicyclic) bond motifs is 1. The van der Waals surface area contributed by atoms with Crippen LogP contribution in [-0.2, 0) is 4.79 Å². The van der Waals surface area contributed by atoms with Crippen molar-refractivity contribution in [1.29, 1.82) is 0 Å². The Labute approximate surface area is 101 Å². The smallest absolute Gasteiger partial charge is 0.269 e. The first-order chi connectivity index (χ1) is 8.22. The summed E-state index contributed by atoms with van der Waals surface area (Å²) in [6, 6.07) is 5.97. The Kier molecular flexibility index (Phi) is 2.26. The van der Waals surface area contributed by atoms with Gasteiger partial charge in [-0.05, 0) is 17.7 Å². The van der Waals surface area contributed by atoms with Crippen molar-refractivity contribution in [2.45, 2.75) is 5.92 Å². The topological polar surface area (TPSA) is 68.3 Å². The van der Waals surface area contributed by atoms with Gasteiger partial charge in [-0.2, -0.15) is 0 Å². The zero-order valence-corrected chi connectivity index (χ0v) is 9.65. The highest BCUT2D eigenvalue weighted by atomic mass is 32.1. The number of aliphatic imine (C=N–C) groups is 1. The van der Waals surface area contributed by atoms with Gasteiger partial charge in [-0.3, -0.25) is 4.79 Å². The van der Waals surface area contributed by atoms with E-state index in [2.05, 4.69) is 9.98 Å². The van der Waals surface area contributed by atoms with Crippen LogP contribution in [0.4, 0.5) is 5.13 Å². The maximum absolute atomic E-state index is 10.9. The first-order valence-corrected chi connectivity index (χ1v) is 5.96. The van der Waals surface area contributed by atoms with Crippen molar-refractivity contribution in [3.05, 3.63) is 35.9 Å². The average molecular weight is 243 g/mol. The summed E-state index contributed by atoms with van der Waals surface area (Å²) in [5, 5.41) is 0.570. The van der Waals surface area contributed by atoms with E-state index in [4.69, 9.17) is 5.73 Å². The van der Waals surface area contributed by atoms with E-state index in [0.29, 0.717) is 5.13 Å². The van der Waals surface area contributed by atoms with Crippen molar-refractivity contribution in [3.63, 3.8) is 0 Å². The molecule has 1 aromatic heterocycles. The van der Waals surface area contributed by atoms with Gasteiger partial charge in [0.25, 0.3) is 5.91 Å². The molecule has 2 aromatic rings. The number of nitrogens with two attached hydrogens (primary N) is 1. The third-order valence-corrected chi connectivity index (χ3v) is 3.47. The van der Waals surface area contributed by atoms with E-state index in [9.17, 15) is 4.79 Å². The number of nitrogens with zero attached hydrogens (tertiary/aromatic N) is 2. The summed E-state index contributed by atoms with van der Waals surface area (Å²) in [4.78, 5) is 18.9. The van der Waals surface area contributed by atoms with Crippen LogP contribution in [0.25, 0.3) is 10.2 Å². The molecule has 2 N–H and O–H groups in total. The van der Waals surface area contributed by atoms with Gasteiger partial charge in [-0.15, -0.1) is 0 Å². The highest BCUT2D eigenvalue weighted by molar-refractivity contribution is 7.22. The lowest BCUT2D eigenvalue weighted by Crippen LogP contribution is -2.04. The minimum Gasteiger partial charge on any atom is -0.375 e. The lowest BCUT2D eigenvalue weighted by atomic mass is 9.98. The van der Waals surface area contributed by atoms with Crippen LogP contribution >= 0.6 is 11.3 Å². The molecule has 1 atom stereocenters. The SMILES string of the molecule is Nc1nc2ccc(C3C=CC(=O)N=C3)cc2s1. The standard InChI is InChI=1S/C12H9N3OS/c13-12-15-9-3-1-7(5-10(9)17-12)8-2-4-11(16)14-6-8/h1-6,8H,(H2,13,15). The first-order valence-electron chi connectivity index (χ1n) is 5.15. The van der Waals surface area contributed by atoms with Gasteiger partial charge in [0.1, 0.15) is 0 Å². The molecule has 2 heterocycles. The molecule has 1 unspecified atom stereocenters. The monoisotopic (exact) mass is 243 g/mol. The Hall–Kier alpha value is -2.01. The normalized spacial score (nSPS) is 19.1. The predicted octanol–water partition coefficient (Wildman–Crippen LogP) is 2.13. The summed E-state index contributed by atoms with van der Waals surface area (Å²) >= 11 is 1.46. The molecule has 3 rings (SSSR count). The largest absolute Gasteiger partial charge is 0.375 e. The number of nitrogen functional groups attached to an aromatic ring is 1. The van der Waals surface area contributed by atoms with Crippen molar-refractivity contribution in [2.75, 3.05) is 5.73 Å². The zero-order chi connectivity index (χ0) is 11.8. The van der Waals surface area contributed by atoms with Crippen LogP contribution in [0.2, 0.25) is 0 Å². The van der Waals surface area contributed by atoms with E-state index in [1.165, 1.54) is 17.4 Å². The first kappa shape index (κ1) is 10.2. The van der Waals surface area contributed by atoms with E-state index in [0.717, 1.165) is 15.8 Å². The molecule has 17 heavy (non-hydrogen) atoms. The van der Waals surface area contributed by atoms with Crippen molar-refractivity contribution in [3.8, 4) is 0 Å². The number of aromatic nitrogens is 1. The Bertz CT molecular complexity index is 641. The molecule has 5 heteroatoms. The number of allylic oxidation sites excluding steroid dienone is 1. The molecule has 0 aliphatic carbocycles. The molecule has 1 aliphatic rings. The Morgan fingerprint density at radius 3 is 3.00 bits per heavy atom. The lowest BCUT2D eigenvalue weighted by Gasteiger charge is -2.09. The van der Waals surface area contributed by atoms with E-state index in [1.807, 2.05) is 24.3 Å². The summed E-state index contributed by atoms with van der Waals surface area (Å²) < 4.78 is 1.05. The van der Waals surface area contributed by atoms with Crippen LogP contribution in [0.1, 0.15) is 11.5 Å². The maximum Gasteiger partial charge on any atom is 0.269 e. The molecular weight excluding hydrogens is 234 g/mol. The third kappa shape index (κ3) is 1.85. The second-order valence-electron chi connectivity index (χ2n) is 3.78. The van der Waals surface area contributed by atoms with Crippen molar-refractivity contribution in [1.82, 2.24) is 4.98 Å². The number of carbonyl (C=O) groups excluding carboxylic acids is 1. The fourth-order valence-electron chi connectivity index (χ4n) is 1.80. The molecule has 0 radical (unpaired) electrons. The third-order valence-electron chi connectivity index (χ3n) is 2.62. The second-order valence-corrected chi connectivity index (χ2v) is 4.84. The highest BCUT2D eigenvalue weighted by Gasteiger charge is 2.11. The molecule has 0 saturated carbocycles. The van der Waals surface area contributed by atoms with Gasteiger partial charge in [-0.25, -0.2) is 9.98 Å². The van der Waals surface area contributed by atoms with Crippen LogP contribution in [-0.4, -0.2) is 17.1 Å². The second kappa shape index (κ2) is 3.78. The minimum absolute atomic E-state index is 0.0559. The van der Waals surface area contributed by atoms with Gasteiger partial charge in [-0.1, -0.05) is 23.5 Å². The minimum atomic E-state index is -0.204. The number of hydrogen-bond acceptors (Lipinski definition) is 4. The quantitative estimate of drug-likeness (QED) is 0.834. The molecular formula is C12H9N3OS. The maximum atomic E-state index is 10.9. The number of hydrogen-bond donors (Lipinski definition) is 1. The molecule has 1 amide bonds. The summed E-state index contributed by atoms with van der Waals surface area (Å²) in [5.41, 5.74) is 7.66. The van der Waals surface area contributed by atoms with Gasteiger partial charge >= 0.3 is 0 Å². The highest BCUT2D eigenvalue weighted by Crippen LogP contribution is 2.28. The predicted molar refractivity (Wildman–Crippen MR) is 69.4 cm³/mol. The van der Waals surface area contributed by atoms with E-state index >= 15 is 0 Å². The van der Waals surface area contributed by atoms with E-state index < -0.39 is 0 Å². The van der Waals surface area contributed by atoms with Gasteiger partial charge < -0.3 is 5.73 Å². The number of benzene rings is 1. The van der Waals surface area contributed by atoms with Crippen molar-refractivity contribution >= 4 is 38.8 Å². The van der Waals surface area contributed by atoms with Crippen LogP contribution in [0.5, 0.6) is 0 Å². The molecule has 1 aromatic carbocycles. The summed E-state index contributed by atoms with van der Waals surface area (Å²) in [7, 11) is 0. The lowest BCUT2D eigenvalue weighted by molar-refractivity contribution is -0.113. The van der Waals surface area contributed by atoms with E-state index in [1.54, 1.807) is 6.21 Å². The van der Waals surface area contributed by atoms with Crippen LogP contribution in [0.3, 0.4) is 0 Å². The fraction of sp³-hybridized carbons (Fsp3) is 0.0833.